The molecule has 0 radical (unpaired) electrons. The van der Waals surface area contributed by atoms with Crippen molar-refractivity contribution in [3.8, 4) is 11.1 Å². The van der Waals surface area contributed by atoms with Gasteiger partial charge in [0.25, 0.3) is 0 Å². The van der Waals surface area contributed by atoms with Crippen molar-refractivity contribution in [2.75, 3.05) is 6.61 Å². The Bertz CT molecular complexity index is 1350. The van der Waals surface area contributed by atoms with E-state index in [1.54, 1.807) is 19.1 Å². The molecule has 10 nitrogen and oxygen atoms in total. The first-order chi connectivity index (χ1) is 18.6. The van der Waals surface area contributed by atoms with Crippen molar-refractivity contribution in [3.63, 3.8) is 0 Å². The summed E-state index contributed by atoms with van der Waals surface area (Å²) in [6, 6.07) is 13.8. The zero-order chi connectivity index (χ0) is 27.7. The van der Waals surface area contributed by atoms with Gasteiger partial charge in [-0.3, -0.25) is 4.79 Å². The van der Waals surface area contributed by atoms with E-state index in [9.17, 15) is 14.4 Å². The van der Waals surface area contributed by atoms with E-state index in [4.69, 9.17) is 14.3 Å². The molecule has 39 heavy (non-hydrogen) atoms. The molecule has 3 atom stereocenters. The van der Waals surface area contributed by atoms with Crippen LogP contribution in [0.2, 0.25) is 0 Å². The maximum atomic E-state index is 13.3. The van der Waals surface area contributed by atoms with Crippen molar-refractivity contribution >= 4 is 17.8 Å². The molecular weight excluding hydrogens is 500 g/mol. The van der Waals surface area contributed by atoms with Gasteiger partial charge in [-0.1, -0.05) is 59.8 Å². The molecule has 2 aromatic rings. The first-order valence-corrected chi connectivity index (χ1v) is 12.8. The molecule has 1 N–H and O–H groups in total. The van der Waals surface area contributed by atoms with E-state index in [1.807, 2.05) is 57.2 Å². The molecule has 0 saturated heterocycles. The minimum atomic E-state index is -1.25. The van der Waals surface area contributed by atoms with Crippen LogP contribution in [-0.4, -0.2) is 53.4 Å². The van der Waals surface area contributed by atoms with Crippen LogP contribution in [0.25, 0.3) is 11.1 Å². The fourth-order valence-electron chi connectivity index (χ4n) is 5.01. The normalized spacial score (nSPS) is 19.1. The molecular formula is C29H30N4O6. The van der Waals surface area contributed by atoms with E-state index in [2.05, 4.69) is 27.8 Å². The molecule has 1 unspecified atom stereocenters. The lowest BCUT2D eigenvalue weighted by atomic mass is 9.98. The molecule has 2 aliphatic carbocycles. The first kappa shape index (κ1) is 26.3. The third-order valence-electron chi connectivity index (χ3n) is 6.61. The van der Waals surface area contributed by atoms with Gasteiger partial charge in [-0.2, -0.15) is 0 Å². The summed E-state index contributed by atoms with van der Waals surface area (Å²) in [7, 11) is 0. The second kappa shape index (κ2) is 10.5. The van der Waals surface area contributed by atoms with Crippen LogP contribution < -0.4 is 5.32 Å². The Hall–Kier alpha value is -4.31. The smallest absolute Gasteiger partial charge is 0.407 e. The van der Waals surface area contributed by atoms with E-state index in [0.717, 1.165) is 27.4 Å². The predicted molar refractivity (Wildman–Crippen MR) is 141 cm³/mol. The molecule has 1 aliphatic heterocycles. The number of amides is 1. The van der Waals surface area contributed by atoms with Crippen molar-refractivity contribution in [2.45, 2.75) is 57.4 Å². The van der Waals surface area contributed by atoms with Crippen LogP contribution in [-0.2, 0) is 23.9 Å². The number of ketones is 1. The van der Waals surface area contributed by atoms with Crippen molar-refractivity contribution in [1.82, 2.24) is 10.5 Å². The van der Waals surface area contributed by atoms with E-state index in [-0.39, 0.29) is 18.3 Å². The summed E-state index contributed by atoms with van der Waals surface area (Å²) in [6.45, 7) is 7.22. The predicted octanol–water partition coefficient (Wildman–Crippen LogP) is 4.63. The summed E-state index contributed by atoms with van der Waals surface area (Å²) in [4.78, 5) is 44.0. The lowest BCUT2D eigenvalue weighted by Crippen LogP contribution is -2.53. The Labute approximate surface area is 226 Å². The number of rotatable bonds is 7. The number of fused-ring (bicyclic) bond motifs is 4. The van der Waals surface area contributed by atoms with Gasteiger partial charge in [0.05, 0.1) is 11.7 Å². The highest BCUT2D eigenvalue weighted by Crippen LogP contribution is 2.44. The number of carbonyl (C=O) groups excluding carboxylic acids is 3. The number of hydroxylamine groups is 1. The van der Waals surface area contributed by atoms with Gasteiger partial charge in [-0.25, -0.2) is 9.59 Å². The molecule has 1 heterocycles. The molecule has 0 bridgehead atoms. The van der Waals surface area contributed by atoms with E-state index < -0.39 is 35.9 Å². The lowest BCUT2D eigenvalue weighted by molar-refractivity contribution is -0.203. The van der Waals surface area contributed by atoms with Gasteiger partial charge in [0, 0.05) is 5.92 Å². The van der Waals surface area contributed by atoms with Gasteiger partial charge in [0.1, 0.15) is 12.3 Å². The fourth-order valence-corrected chi connectivity index (χ4v) is 5.01. The van der Waals surface area contributed by atoms with Gasteiger partial charge >= 0.3 is 12.1 Å². The molecule has 0 saturated carbocycles. The number of benzene rings is 2. The molecule has 2 aromatic carbocycles. The van der Waals surface area contributed by atoms with Gasteiger partial charge in [-0.05, 0) is 67.3 Å². The van der Waals surface area contributed by atoms with Crippen LogP contribution in [0.3, 0.4) is 0 Å². The summed E-state index contributed by atoms with van der Waals surface area (Å²) in [5.74, 6) is -1.34. The van der Waals surface area contributed by atoms with Crippen LogP contribution in [0.1, 0.15) is 44.7 Å². The Morgan fingerprint density at radius 3 is 2.33 bits per heavy atom. The van der Waals surface area contributed by atoms with Gasteiger partial charge in [0.2, 0.25) is 0 Å². The Balaban J connectivity index is 1.28. The number of carbonyl (C=O) groups is 3. The third kappa shape index (κ3) is 5.46. The number of hydrogen-bond acceptors (Lipinski definition) is 9. The molecule has 0 aromatic heterocycles. The van der Waals surface area contributed by atoms with Crippen molar-refractivity contribution < 1.29 is 28.7 Å². The maximum absolute atomic E-state index is 13.3. The van der Waals surface area contributed by atoms with E-state index in [0.29, 0.717) is 5.70 Å². The quantitative estimate of drug-likeness (QED) is 0.554. The van der Waals surface area contributed by atoms with Gasteiger partial charge in [-0.15, -0.1) is 5.11 Å². The zero-order valence-electron chi connectivity index (χ0n) is 22.2. The largest absolute Gasteiger partial charge is 0.449 e. The molecule has 0 spiro atoms. The van der Waals surface area contributed by atoms with Crippen LogP contribution in [0.15, 0.2) is 82.8 Å². The average Bonchev–Trinajstić information content (AvgIpc) is 3.44. The average molecular weight is 531 g/mol. The van der Waals surface area contributed by atoms with Crippen molar-refractivity contribution in [3.05, 3.63) is 83.6 Å². The van der Waals surface area contributed by atoms with Crippen molar-refractivity contribution in [1.29, 1.82) is 0 Å². The summed E-state index contributed by atoms with van der Waals surface area (Å²) in [6.07, 6.45) is 2.92. The topological polar surface area (TPSA) is 119 Å². The molecule has 1 amide bonds. The summed E-state index contributed by atoms with van der Waals surface area (Å²) >= 11 is 0. The minimum absolute atomic E-state index is 0.0769. The van der Waals surface area contributed by atoms with Crippen LogP contribution in [0, 0.1) is 0 Å². The van der Waals surface area contributed by atoms with Gasteiger partial charge < -0.3 is 19.6 Å². The number of nitrogens with one attached hydrogen (secondary N) is 1. The Morgan fingerprint density at radius 2 is 1.69 bits per heavy atom. The Kier molecular flexibility index (Phi) is 7.05. The number of nitrogens with zero attached hydrogens (tertiary/aromatic N) is 3. The first-order valence-electron chi connectivity index (χ1n) is 12.8. The second-order valence-electron chi connectivity index (χ2n) is 10.5. The molecule has 0 fully saturated rings. The fraction of sp³-hybridized carbons (Fsp3) is 0.345. The maximum Gasteiger partial charge on any atom is 0.407 e. The second-order valence-corrected chi connectivity index (χ2v) is 10.5. The summed E-state index contributed by atoms with van der Waals surface area (Å²) in [5, 5.41) is 11.1. The number of alkyl carbamates (subject to hydrolysis) is 1. The highest BCUT2D eigenvalue weighted by atomic mass is 16.7. The highest BCUT2D eigenvalue weighted by molar-refractivity contribution is 5.98. The SMILES string of the molecule is C[C@H](OC(C)(C)C)[C@H](NC(=O)OCC1c2ccccc2-c2ccccc21)C(=O)ON1N=NC2=CC=CC(=O)C21. The van der Waals surface area contributed by atoms with E-state index in [1.165, 1.54) is 6.08 Å². The zero-order valence-corrected chi connectivity index (χ0v) is 22.2. The molecule has 3 aliphatic rings. The van der Waals surface area contributed by atoms with E-state index >= 15 is 0 Å². The highest BCUT2D eigenvalue weighted by Gasteiger charge is 2.41. The standard InChI is InChI=1S/C29H30N4O6/c1-17(38-29(2,3)4)25(27(35)39-33-26-23(31-32-33)14-9-15-24(26)34)30-28(36)37-16-22-20-12-7-5-10-18(20)19-11-6-8-13-21(19)22/h5-15,17,22,25-26H,16H2,1-4H3,(H,30,36)/t17-,25-,26?/m0/s1. The summed E-state index contributed by atoms with van der Waals surface area (Å²) < 4.78 is 11.6. The molecule has 5 rings (SSSR count). The van der Waals surface area contributed by atoms with Crippen molar-refractivity contribution in [2.24, 2.45) is 10.3 Å². The van der Waals surface area contributed by atoms with Gasteiger partial charge in [0.15, 0.2) is 17.9 Å². The minimum Gasteiger partial charge on any atom is -0.449 e. The third-order valence-corrected chi connectivity index (χ3v) is 6.61. The van der Waals surface area contributed by atoms with Crippen LogP contribution in [0.4, 0.5) is 4.79 Å². The number of allylic oxidation sites excluding steroid dienone is 2. The Morgan fingerprint density at radius 1 is 1.05 bits per heavy atom. The molecule has 10 heteroatoms. The lowest BCUT2D eigenvalue weighted by Gasteiger charge is -2.31. The monoisotopic (exact) mass is 530 g/mol. The molecule has 202 valence electrons. The van der Waals surface area contributed by atoms with Crippen LogP contribution in [0.5, 0.6) is 0 Å². The summed E-state index contributed by atoms with van der Waals surface area (Å²) in [5.41, 5.74) is 4.10. The van der Waals surface area contributed by atoms with Crippen LogP contribution >= 0.6 is 0 Å². The number of hydrogen-bond donors (Lipinski definition) is 1. The number of ether oxygens (including phenoxy) is 2.